The summed E-state index contributed by atoms with van der Waals surface area (Å²) in [5, 5.41) is 15.4. The Balaban J connectivity index is 1.91. The molecule has 1 aromatic rings. The summed E-state index contributed by atoms with van der Waals surface area (Å²) >= 11 is 0. The lowest BCUT2D eigenvalue weighted by molar-refractivity contribution is -0.141. The van der Waals surface area contributed by atoms with E-state index in [1.807, 2.05) is 24.3 Å². The Morgan fingerprint density at radius 3 is 2.42 bits per heavy atom. The van der Waals surface area contributed by atoms with Crippen molar-refractivity contribution >= 4 is 11.9 Å². The first-order valence-corrected chi connectivity index (χ1v) is 9.74. The Kier molecular flexibility index (Phi) is 8.10. The number of hydrogen-bond acceptors (Lipinski definition) is 3. The van der Waals surface area contributed by atoms with E-state index in [0.29, 0.717) is 12.3 Å². The molecule has 0 bridgehead atoms. The molecule has 1 saturated carbocycles. The van der Waals surface area contributed by atoms with Crippen LogP contribution < -0.4 is 10.6 Å². The zero-order valence-corrected chi connectivity index (χ0v) is 16.0. The van der Waals surface area contributed by atoms with E-state index >= 15 is 0 Å². The summed E-state index contributed by atoms with van der Waals surface area (Å²) in [7, 11) is 0. The zero-order chi connectivity index (χ0) is 18.9. The molecule has 1 amide bonds. The fourth-order valence-electron chi connectivity index (χ4n) is 3.90. The molecule has 1 aliphatic rings. The number of carboxylic acid groups (broad SMARTS) is 1. The normalized spacial score (nSPS) is 17.5. The first kappa shape index (κ1) is 20.4. The van der Waals surface area contributed by atoms with Crippen LogP contribution in [0.2, 0.25) is 0 Å². The van der Waals surface area contributed by atoms with E-state index < -0.39 is 12.0 Å². The van der Waals surface area contributed by atoms with Crippen molar-refractivity contribution in [2.45, 2.75) is 65.0 Å². The van der Waals surface area contributed by atoms with Gasteiger partial charge in [-0.2, -0.15) is 0 Å². The van der Waals surface area contributed by atoms with Gasteiger partial charge >= 0.3 is 5.97 Å². The van der Waals surface area contributed by atoms with Crippen molar-refractivity contribution < 1.29 is 14.7 Å². The molecule has 0 aromatic heterocycles. The Hall–Kier alpha value is -1.88. The molecule has 1 aromatic carbocycles. The molecule has 26 heavy (non-hydrogen) atoms. The maximum Gasteiger partial charge on any atom is 0.326 e. The van der Waals surface area contributed by atoms with Crippen LogP contribution in [0.3, 0.4) is 0 Å². The molecule has 0 radical (unpaired) electrons. The number of rotatable bonds is 9. The lowest BCUT2D eigenvalue weighted by Crippen LogP contribution is -2.41. The van der Waals surface area contributed by atoms with Crippen molar-refractivity contribution in [3.8, 4) is 0 Å². The first-order chi connectivity index (χ1) is 12.5. The molecule has 1 fully saturated rings. The van der Waals surface area contributed by atoms with Crippen LogP contribution in [-0.4, -0.2) is 29.6 Å². The molecule has 0 saturated heterocycles. The Labute approximate surface area is 156 Å². The molecule has 0 aliphatic heterocycles. The lowest BCUT2D eigenvalue weighted by atomic mass is 9.81. The van der Waals surface area contributed by atoms with Crippen molar-refractivity contribution in [2.75, 3.05) is 6.54 Å². The Morgan fingerprint density at radius 1 is 1.15 bits per heavy atom. The number of amides is 1. The van der Waals surface area contributed by atoms with Crippen LogP contribution in [-0.2, 0) is 22.6 Å². The molecular weight excluding hydrogens is 328 g/mol. The van der Waals surface area contributed by atoms with Gasteiger partial charge in [0.05, 0.1) is 0 Å². The van der Waals surface area contributed by atoms with E-state index in [0.717, 1.165) is 30.1 Å². The van der Waals surface area contributed by atoms with Gasteiger partial charge in [0.15, 0.2) is 0 Å². The average molecular weight is 360 g/mol. The molecule has 2 atom stereocenters. The standard InChI is InChI=1S/C21H32N2O3/c1-15(17-8-4-3-5-9-17)13-22-14-19-11-7-6-10-18(19)12-20(21(25)26)23-16(2)24/h6-7,10-11,15,17,20,22H,3-5,8-9,12-14H2,1-2H3,(H,23,24)(H,25,26). The quantitative estimate of drug-likeness (QED) is 0.632. The zero-order valence-electron chi connectivity index (χ0n) is 16.0. The summed E-state index contributed by atoms with van der Waals surface area (Å²) < 4.78 is 0. The number of nitrogens with one attached hydrogen (secondary N) is 2. The number of hydrogen-bond donors (Lipinski definition) is 3. The summed E-state index contributed by atoms with van der Waals surface area (Å²) in [6.07, 6.45) is 7.08. The maximum atomic E-state index is 11.4. The van der Waals surface area contributed by atoms with Crippen LogP contribution >= 0.6 is 0 Å². The number of benzene rings is 1. The number of aliphatic carboxylic acids is 1. The highest BCUT2D eigenvalue weighted by Crippen LogP contribution is 2.29. The Morgan fingerprint density at radius 2 is 1.81 bits per heavy atom. The highest BCUT2D eigenvalue weighted by molar-refractivity contribution is 5.82. The summed E-state index contributed by atoms with van der Waals surface area (Å²) in [5.74, 6) is 0.152. The predicted octanol–water partition coefficient (Wildman–Crippen LogP) is 3.12. The second-order valence-electron chi connectivity index (χ2n) is 7.57. The van der Waals surface area contributed by atoms with Gasteiger partial charge < -0.3 is 15.7 Å². The Bertz CT molecular complexity index is 597. The van der Waals surface area contributed by atoms with E-state index in [9.17, 15) is 14.7 Å². The highest BCUT2D eigenvalue weighted by atomic mass is 16.4. The summed E-state index contributed by atoms with van der Waals surface area (Å²) in [6.45, 7) is 5.37. The number of carboxylic acids is 1. The van der Waals surface area contributed by atoms with Crippen molar-refractivity contribution in [3.63, 3.8) is 0 Å². The average Bonchev–Trinajstić information content (AvgIpc) is 2.62. The minimum absolute atomic E-state index is 0.297. The second-order valence-corrected chi connectivity index (χ2v) is 7.57. The molecule has 2 unspecified atom stereocenters. The molecule has 5 heteroatoms. The van der Waals surface area contributed by atoms with Gasteiger partial charge in [-0.05, 0) is 29.5 Å². The van der Waals surface area contributed by atoms with Gasteiger partial charge in [0, 0.05) is 19.9 Å². The van der Waals surface area contributed by atoms with Crippen molar-refractivity contribution in [1.82, 2.24) is 10.6 Å². The predicted molar refractivity (Wildman–Crippen MR) is 103 cm³/mol. The molecule has 1 aliphatic carbocycles. The highest BCUT2D eigenvalue weighted by Gasteiger charge is 2.21. The molecule has 3 N–H and O–H groups in total. The number of carbonyl (C=O) groups is 2. The fourth-order valence-corrected chi connectivity index (χ4v) is 3.90. The third-order valence-corrected chi connectivity index (χ3v) is 5.45. The summed E-state index contributed by atoms with van der Waals surface area (Å²) in [4.78, 5) is 22.6. The minimum atomic E-state index is -1.01. The SMILES string of the molecule is CC(=O)NC(Cc1ccccc1CNCC(C)C1CCCCC1)C(=O)O. The molecule has 2 rings (SSSR count). The smallest absolute Gasteiger partial charge is 0.326 e. The molecular formula is C21H32N2O3. The van der Waals surface area contributed by atoms with Gasteiger partial charge in [-0.25, -0.2) is 4.79 Å². The van der Waals surface area contributed by atoms with Crippen LogP contribution in [0.25, 0.3) is 0 Å². The van der Waals surface area contributed by atoms with Gasteiger partial charge in [-0.1, -0.05) is 63.3 Å². The van der Waals surface area contributed by atoms with Gasteiger partial charge in [-0.3, -0.25) is 4.79 Å². The van der Waals surface area contributed by atoms with E-state index in [-0.39, 0.29) is 5.91 Å². The van der Waals surface area contributed by atoms with Crippen molar-refractivity contribution in [2.24, 2.45) is 11.8 Å². The van der Waals surface area contributed by atoms with Crippen molar-refractivity contribution in [3.05, 3.63) is 35.4 Å². The van der Waals surface area contributed by atoms with E-state index in [1.165, 1.54) is 39.0 Å². The van der Waals surface area contributed by atoms with Crippen LogP contribution in [0.4, 0.5) is 0 Å². The molecule has 5 nitrogen and oxygen atoms in total. The van der Waals surface area contributed by atoms with Gasteiger partial charge in [0.2, 0.25) is 5.91 Å². The van der Waals surface area contributed by atoms with E-state index in [4.69, 9.17) is 0 Å². The van der Waals surface area contributed by atoms with Gasteiger partial charge in [0.1, 0.15) is 6.04 Å². The van der Waals surface area contributed by atoms with E-state index in [1.54, 1.807) is 0 Å². The van der Waals surface area contributed by atoms with E-state index in [2.05, 4.69) is 17.6 Å². The monoisotopic (exact) mass is 360 g/mol. The molecule has 0 spiro atoms. The molecule has 0 heterocycles. The van der Waals surface area contributed by atoms with Crippen LogP contribution in [0.5, 0.6) is 0 Å². The number of carbonyl (C=O) groups excluding carboxylic acids is 1. The first-order valence-electron chi connectivity index (χ1n) is 9.74. The van der Waals surface area contributed by atoms with Gasteiger partial charge in [0.25, 0.3) is 0 Å². The largest absolute Gasteiger partial charge is 0.480 e. The molecule has 144 valence electrons. The summed E-state index contributed by atoms with van der Waals surface area (Å²) in [5.41, 5.74) is 2.06. The minimum Gasteiger partial charge on any atom is -0.480 e. The fraction of sp³-hybridized carbons (Fsp3) is 0.619. The second kappa shape index (κ2) is 10.3. The van der Waals surface area contributed by atoms with Gasteiger partial charge in [-0.15, -0.1) is 0 Å². The van der Waals surface area contributed by atoms with Crippen molar-refractivity contribution in [1.29, 1.82) is 0 Å². The maximum absolute atomic E-state index is 11.4. The third-order valence-electron chi connectivity index (χ3n) is 5.45. The lowest BCUT2D eigenvalue weighted by Gasteiger charge is -2.28. The third kappa shape index (κ3) is 6.45. The van der Waals surface area contributed by atoms with Crippen LogP contribution in [0, 0.1) is 11.8 Å². The van der Waals surface area contributed by atoms with Crippen LogP contribution in [0.15, 0.2) is 24.3 Å². The topological polar surface area (TPSA) is 78.4 Å². The van der Waals surface area contributed by atoms with Crippen LogP contribution in [0.1, 0.15) is 57.1 Å². The summed E-state index contributed by atoms with van der Waals surface area (Å²) in [6, 6.07) is 6.96.